The average Bonchev–Trinajstić information content (AvgIpc) is 3.53. The van der Waals surface area contributed by atoms with Gasteiger partial charge in [-0.3, -0.25) is 4.79 Å². The van der Waals surface area contributed by atoms with Crippen LogP contribution in [0.25, 0.3) is 21.8 Å². The van der Waals surface area contributed by atoms with E-state index in [1.807, 2.05) is 65.7 Å². The van der Waals surface area contributed by atoms with Gasteiger partial charge in [-0.05, 0) is 23.9 Å². The molecule has 4 aromatic rings. The van der Waals surface area contributed by atoms with Crippen molar-refractivity contribution in [2.24, 2.45) is 7.05 Å². The minimum Gasteiger partial charge on any atom is -0.465 e. The predicted molar refractivity (Wildman–Crippen MR) is 130 cm³/mol. The lowest BCUT2D eigenvalue weighted by Crippen LogP contribution is -2.16. The molecule has 1 aromatic carbocycles. The topological polar surface area (TPSA) is 86.1 Å². The average molecular weight is 485 g/mol. The molecule has 4 rings (SSSR count). The highest BCUT2D eigenvalue weighted by molar-refractivity contribution is 7.99. The molecule has 0 saturated heterocycles. The number of esters is 1. The van der Waals surface area contributed by atoms with Crippen molar-refractivity contribution < 1.29 is 14.3 Å². The maximum atomic E-state index is 12.7. The van der Waals surface area contributed by atoms with Crippen molar-refractivity contribution in [2.45, 2.75) is 12.1 Å². The minimum absolute atomic E-state index is 0.134. The van der Waals surface area contributed by atoms with Crippen molar-refractivity contribution in [1.82, 2.24) is 14.8 Å². The number of thiophene rings is 2. The number of carbonyl (C=O) groups excluding carboxylic acids is 2. The third kappa shape index (κ3) is 4.62. The summed E-state index contributed by atoms with van der Waals surface area (Å²) < 4.78 is 6.84. The number of aromatic nitrogens is 3. The third-order valence-corrected chi connectivity index (χ3v) is 7.49. The van der Waals surface area contributed by atoms with Crippen molar-refractivity contribution in [1.29, 1.82) is 0 Å². The summed E-state index contributed by atoms with van der Waals surface area (Å²) >= 11 is 4.17. The molecule has 0 aliphatic carbocycles. The van der Waals surface area contributed by atoms with Gasteiger partial charge >= 0.3 is 5.97 Å². The Hall–Kier alpha value is -2.95. The number of ether oxygens (including phenoxy) is 1. The van der Waals surface area contributed by atoms with Crippen LogP contribution < -0.4 is 5.32 Å². The molecule has 0 aliphatic heterocycles. The normalized spacial score (nSPS) is 10.8. The van der Waals surface area contributed by atoms with Crippen LogP contribution >= 0.6 is 34.4 Å². The Labute approximate surface area is 197 Å². The van der Waals surface area contributed by atoms with E-state index in [1.54, 1.807) is 11.3 Å². The van der Waals surface area contributed by atoms with Crippen LogP contribution in [0.3, 0.4) is 0 Å². The highest BCUT2D eigenvalue weighted by Gasteiger charge is 2.22. The Balaban J connectivity index is 1.49. The number of benzene rings is 1. The molecule has 0 atom stereocenters. The zero-order valence-electron chi connectivity index (χ0n) is 17.6. The summed E-state index contributed by atoms with van der Waals surface area (Å²) in [7, 11) is 3.21. The molecule has 1 amide bonds. The fraction of sp³-hybridized carbons (Fsp3) is 0.182. The van der Waals surface area contributed by atoms with Crippen molar-refractivity contribution in [3.63, 3.8) is 0 Å². The molecule has 0 spiro atoms. The molecule has 0 unspecified atom stereocenters. The molecule has 0 bridgehead atoms. The summed E-state index contributed by atoms with van der Waals surface area (Å²) in [6, 6.07) is 11.8. The molecule has 0 radical (unpaired) electrons. The summed E-state index contributed by atoms with van der Waals surface area (Å²) in [5.41, 5.74) is 3.11. The van der Waals surface area contributed by atoms with Gasteiger partial charge in [0.25, 0.3) is 0 Å². The number of anilines is 1. The number of hydrogen-bond donors (Lipinski definition) is 1. The van der Waals surface area contributed by atoms with E-state index in [0.717, 1.165) is 27.4 Å². The van der Waals surface area contributed by atoms with Crippen molar-refractivity contribution in [2.75, 3.05) is 18.2 Å². The van der Waals surface area contributed by atoms with Gasteiger partial charge in [-0.25, -0.2) is 4.79 Å². The van der Waals surface area contributed by atoms with Crippen molar-refractivity contribution in [3.8, 4) is 21.8 Å². The minimum atomic E-state index is -0.487. The lowest BCUT2D eigenvalue weighted by molar-refractivity contribution is -0.113. The number of amides is 1. The number of carbonyl (C=O) groups is 2. The van der Waals surface area contributed by atoms with Gasteiger partial charge in [0.05, 0.1) is 17.7 Å². The molecule has 32 heavy (non-hydrogen) atoms. The molecule has 0 aliphatic rings. The van der Waals surface area contributed by atoms with E-state index in [2.05, 4.69) is 15.5 Å². The van der Waals surface area contributed by atoms with E-state index in [-0.39, 0.29) is 11.7 Å². The second-order valence-corrected chi connectivity index (χ2v) is 9.66. The number of rotatable bonds is 7. The van der Waals surface area contributed by atoms with Crippen LogP contribution in [-0.2, 0) is 16.6 Å². The van der Waals surface area contributed by atoms with Crippen LogP contribution in [0.5, 0.6) is 0 Å². The number of nitrogens with one attached hydrogen (secondary N) is 1. The van der Waals surface area contributed by atoms with Gasteiger partial charge in [-0.2, -0.15) is 0 Å². The van der Waals surface area contributed by atoms with Gasteiger partial charge in [-0.15, -0.1) is 32.9 Å². The largest absolute Gasteiger partial charge is 0.465 e. The van der Waals surface area contributed by atoms with Gasteiger partial charge in [0, 0.05) is 18.0 Å². The van der Waals surface area contributed by atoms with Crippen LogP contribution in [0, 0.1) is 6.92 Å². The molecular weight excluding hydrogens is 464 g/mol. The molecular formula is C22H20N4O3S3. The lowest BCUT2D eigenvalue weighted by Gasteiger charge is -2.08. The molecule has 0 saturated carbocycles. The molecule has 10 heteroatoms. The predicted octanol–water partition coefficient (Wildman–Crippen LogP) is 5.10. The summed E-state index contributed by atoms with van der Waals surface area (Å²) in [5.74, 6) is 0.170. The first kappa shape index (κ1) is 22.3. The number of nitrogens with zero attached hydrogens (tertiary/aromatic N) is 3. The summed E-state index contributed by atoms with van der Waals surface area (Å²) in [6.45, 7) is 2.00. The Morgan fingerprint density at radius 3 is 2.62 bits per heavy atom. The van der Waals surface area contributed by atoms with Crippen molar-refractivity contribution in [3.05, 3.63) is 58.3 Å². The molecule has 164 valence electrons. The van der Waals surface area contributed by atoms with E-state index in [4.69, 9.17) is 4.74 Å². The van der Waals surface area contributed by atoms with E-state index in [0.29, 0.717) is 15.7 Å². The summed E-state index contributed by atoms with van der Waals surface area (Å²) in [6.07, 6.45) is 0. The van der Waals surface area contributed by atoms with Gasteiger partial charge < -0.3 is 14.6 Å². The molecule has 3 aromatic heterocycles. The first-order chi connectivity index (χ1) is 15.5. The second-order valence-electron chi connectivity index (χ2n) is 6.89. The fourth-order valence-electron chi connectivity index (χ4n) is 3.05. The number of aryl methyl sites for hydroxylation is 1. The number of methoxy groups -OCH3 is 1. The zero-order valence-corrected chi connectivity index (χ0v) is 20.1. The summed E-state index contributed by atoms with van der Waals surface area (Å²) in [5, 5.41) is 16.2. The molecule has 7 nitrogen and oxygen atoms in total. The van der Waals surface area contributed by atoms with Crippen LogP contribution in [0.2, 0.25) is 0 Å². The Bertz CT molecular complexity index is 1240. The van der Waals surface area contributed by atoms with E-state index < -0.39 is 5.97 Å². The quantitative estimate of drug-likeness (QED) is 0.290. The number of thioether (sulfide) groups is 1. The Morgan fingerprint density at radius 2 is 1.94 bits per heavy atom. The van der Waals surface area contributed by atoms with E-state index >= 15 is 0 Å². The fourth-order valence-corrected chi connectivity index (χ4v) is 5.48. The third-order valence-electron chi connectivity index (χ3n) is 4.70. The SMILES string of the molecule is COC(=O)c1c(-c2ccc(C)cc2)csc1NC(=O)CSc1nnc(-c2cccs2)n1C. The lowest BCUT2D eigenvalue weighted by atomic mass is 10.0. The molecule has 1 N–H and O–H groups in total. The summed E-state index contributed by atoms with van der Waals surface area (Å²) in [4.78, 5) is 26.2. The van der Waals surface area contributed by atoms with Gasteiger partial charge in [0.1, 0.15) is 10.6 Å². The maximum Gasteiger partial charge on any atom is 0.341 e. The first-order valence-electron chi connectivity index (χ1n) is 9.60. The van der Waals surface area contributed by atoms with Gasteiger partial charge in [0.15, 0.2) is 11.0 Å². The molecule has 3 heterocycles. The van der Waals surface area contributed by atoms with Gasteiger partial charge in [0.2, 0.25) is 5.91 Å². The van der Waals surface area contributed by atoms with E-state index in [9.17, 15) is 9.59 Å². The maximum absolute atomic E-state index is 12.7. The van der Waals surface area contributed by atoms with Crippen LogP contribution in [0.1, 0.15) is 15.9 Å². The highest BCUT2D eigenvalue weighted by atomic mass is 32.2. The van der Waals surface area contributed by atoms with Gasteiger partial charge in [-0.1, -0.05) is 47.7 Å². The highest BCUT2D eigenvalue weighted by Crippen LogP contribution is 2.36. The van der Waals surface area contributed by atoms with E-state index in [1.165, 1.54) is 30.2 Å². The Morgan fingerprint density at radius 1 is 1.16 bits per heavy atom. The first-order valence-corrected chi connectivity index (χ1v) is 12.3. The Kier molecular flexibility index (Phi) is 6.73. The van der Waals surface area contributed by atoms with Crippen LogP contribution in [0.4, 0.5) is 5.00 Å². The van der Waals surface area contributed by atoms with Crippen LogP contribution in [0.15, 0.2) is 52.3 Å². The standard InChI is InChI=1S/C22H20N4O3S3/c1-13-6-8-14(9-7-13)15-11-31-20(18(15)21(28)29-3)23-17(27)12-32-22-25-24-19(26(22)2)16-5-4-10-30-16/h4-11H,12H2,1-3H3,(H,23,27). The molecule has 0 fully saturated rings. The smallest absolute Gasteiger partial charge is 0.341 e. The van der Waals surface area contributed by atoms with Crippen molar-refractivity contribution >= 4 is 51.3 Å². The van der Waals surface area contributed by atoms with Crippen LogP contribution in [-0.4, -0.2) is 39.5 Å². The second kappa shape index (κ2) is 9.68. The number of hydrogen-bond acceptors (Lipinski definition) is 8. The zero-order chi connectivity index (χ0) is 22.7. The monoisotopic (exact) mass is 484 g/mol.